The number of amides is 4. The molecule has 2 aliphatic heterocycles. The number of nitrogens with zero attached hydrogens (tertiary/aromatic N) is 2. The number of allylic oxidation sites excluding steroid dienone is 2. The fraction of sp³-hybridized carbons (Fsp3) is 0.314. The van der Waals surface area contributed by atoms with Crippen LogP contribution in [0.25, 0.3) is 0 Å². The van der Waals surface area contributed by atoms with E-state index in [4.69, 9.17) is 16.3 Å². The van der Waals surface area contributed by atoms with Gasteiger partial charge in [-0.1, -0.05) is 35.4 Å². The second kappa shape index (κ2) is 11.2. The van der Waals surface area contributed by atoms with Gasteiger partial charge in [0.05, 0.1) is 46.2 Å². The minimum Gasteiger partial charge on any atom is -0.504 e. The zero-order valence-electron chi connectivity index (χ0n) is 24.9. The highest BCUT2D eigenvalue weighted by atomic mass is 127. The molecule has 7 rings (SSSR count). The lowest BCUT2D eigenvalue weighted by Gasteiger charge is -2.49. The molecular formula is C35H29ClFIN2O6. The summed E-state index contributed by atoms with van der Waals surface area (Å²) >= 11 is 8.23. The molecule has 236 valence electrons. The molecule has 0 aromatic heterocycles. The van der Waals surface area contributed by atoms with E-state index in [2.05, 4.69) is 22.6 Å². The highest BCUT2D eigenvalue weighted by Gasteiger charge is 2.68. The molecule has 0 spiro atoms. The molecule has 11 heteroatoms. The standard InChI is InChI=1S/C35H29ClFIN2O6/c1-3-46-27-6-4-5-22(30(27)41)29-20-12-13-21-28(33(44)39(31(21)42)18-9-7-17(38)8-10-18)23(20)16-24-32(43)40(34(45)35(24,29)2)19-11-14-26(37)25(36)15-19/h4-12,14-15,21,23-24,28-29,41H,3,13,16H2,1-2H3. The van der Waals surface area contributed by atoms with E-state index in [0.717, 1.165) is 20.1 Å². The largest absolute Gasteiger partial charge is 0.504 e. The summed E-state index contributed by atoms with van der Waals surface area (Å²) < 4.78 is 20.8. The minimum atomic E-state index is -1.39. The number of halogens is 3. The molecule has 2 aliphatic carbocycles. The van der Waals surface area contributed by atoms with Crippen molar-refractivity contribution in [3.8, 4) is 11.5 Å². The summed E-state index contributed by atoms with van der Waals surface area (Å²) in [6.07, 6.45) is 2.33. The third-order valence-corrected chi connectivity index (χ3v) is 11.2. The Kier molecular flexibility index (Phi) is 7.51. The van der Waals surface area contributed by atoms with E-state index in [9.17, 15) is 28.7 Å². The lowest BCUT2D eigenvalue weighted by molar-refractivity contribution is -0.131. The molecule has 6 atom stereocenters. The van der Waals surface area contributed by atoms with Gasteiger partial charge in [-0.3, -0.25) is 24.1 Å². The smallest absolute Gasteiger partial charge is 0.241 e. The van der Waals surface area contributed by atoms with Crippen molar-refractivity contribution >= 4 is 69.2 Å². The second-order valence-electron chi connectivity index (χ2n) is 12.4. The molecule has 3 fully saturated rings. The number of fused-ring (bicyclic) bond motifs is 4. The van der Waals surface area contributed by atoms with Crippen molar-refractivity contribution in [1.82, 2.24) is 0 Å². The molecule has 0 bridgehead atoms. The molecule has 4 amide bonds. The number of hydrogen-bond donors (Lipinski definition) is 1. The predicted molar refractivity (Wildman–Crippen MR) is 177 cm³/mol. The molecule has 0 radical (unpaired) electrons. The van der Waals surface area contributed by atoms with Crippen LogP contribution < -0.4 is 14.5 Å². The Morgan fingerprint density at radius 3 is 2.39 bits per heavy atom. The van der Waals surface area contributed by atoms with E-state index in [1.165, 1.54) is 17.0 Å². The van der Waals surface area contributed by atoms with Crippen LogP contribution in [0.1, 0.15) is 38.2 Å². The van der Waals surface area contributed by atoms with Crippen LogP contribution in [0.15, 0.2) is 72.3 Å². The second-order valence-corrected chi connectivity index (χ2v) is 14.0. The van der Waals surface area contributed by atoms with Crippen molar-refractivity contribution < 1.29 is 33.4 Å². The van der Waals surface area contributed by atoms with Crippen LogP contribution in [-0.4, -0.2) is 35.3 Å². The first-order valence-corrected chi connectivity index (χ1v) is 16.6. The number of ether oxygens (including phenoxy) is 1. The van der Waals surface area contributed by atoms with Crippen molar-refractivity contribution in [3.05, 3.63) is 92.3 Å². The normalized spacial score (nSPS) is 28.6. The summed E-state index contributed by atoms with van der Waals surface area (Å²) in [4.78, 5) is 59.1. The topological polar surface area (TPSA) is 104 Å². The molecule has 8 nitrogen and oxygen atoms in total. The summed E-state index contributed by atoms with van der Waals surface area (Å²) in [5.74, 6) is -5.98. The SMILES string of the molecule is CCOc1cccc(C2C3=CCC4C(=O)N(c5ccc(I)cc5)C(=O)C4C3CC3C(=O)N(c4ccc(F)c(Cl)c4)C(=O)C32C)c1O. The summed E-state index contributed by atoms with van der Waals surface area (Å²) in [5, 5.41) is 11.3. The van der Waals surface area contributed by atoms with Gasteiger partial charge in [-0.2, -0.15) is 0 Å². The maximum Gasteiger partial charge on any atom is 0.241 e. The number of imide groups is 2. The number of hydrogen-bond acceptors (Lipinski definition) is 6. The summed E-state index contributed by atoms with van der Waals surface area (Å²) in [6.45, 7) is 3.79. The fourth-order valence-electron chi connectivity index (χ4n) is 8.12. The van der Waals surface area contributed by atoms with Crippen molar-refractivity contribution in [2.45, 2.75) is 32.6 Å². The van der Waals surface area contributed by atoms with Crippen LogP contribution in [-0.2, 0) is 19.2 Å². The third-order valence-electron chi connectivity index (χ3n) is 10.2. The highest BCUT2D eigenvalue weighted by Crippen LogP contribution is 2.65. The van der Waals surface area contributed by atoms with Gasteiger partial charge in [-0.05, 0) is 104 Å². The first-order chi connectivity index (χ1) is 22.0. The van der Waals surface area contributed by atoms with E-state index in [-0.39, 0.29) is 53.5 Å². The van der Waals surface area contributed by atoms with Crippen molar-refractivity contribution in [2.24, 2.45) is 29.1 Å². The molecule has 6 unspecified atom stereocenters. The van der Waals surface area contributed by atoms with Gasteiger partial charge in [0.2, 0.25) is 23.6 Å². The third kappa shape index (κ3) is 4.36. The van der Waals surface area contributed by atoms with E-state index in [1.807, 2.05) is 18.2 Å². The molecule has 3 aromatic carbocycles. The Bertz CT molecular complexity index is 1860. The number of anilines is 2. The Morgan fingerprint density at radius 2 is 1.70 bits per heavy atom. The van der Waals surface area contributed by atoms with Crippen molar-refractivity contribution in [3.63, 3.8) is 0 Å². The summed E-state index contributed by atoms with van der Waals surface area (Å²) in [6, 6.07) is 15.9. The van der Waals surface area contributed by atoms with E-state index >= 15 is 0 Å². The van der Waals surface area contributed by atoms with Gasteiger partial charge in [0.25, 0.3) is 0 Å². The molecule has 2 saturated heterocycles. The zero-order chi connectivity index (χ0) is 32.7. The number of aromatic hydroxyl groups is 1. The van der Waals surface area contributed by atoms with Crippen LogP contribution in [0, 0.1) is 38.5 Å². The Balaban J connectivity index is 1.38. The van der Waals surface area contributed by atoms with Crippen LogP contribution in [0.5, 0.6) is 11.5 Å². The molecule has 2 heterocycles. The average Bonchev–Trinajstić information content (AvgIpc) is 3.40. The first-order valence-electron chi connectivity index (χ1n) is 15.1. The van der Waals surface area contributed by atoms with Gasteiger partial charge in [-0.15, -0.1) is 0 Å². The van der Waals surface area contributed by atoms with Crippen molar-refractivity contribution in [1.29, 1.82) is 0 Å². The molecule has 3 aromatic rings. The average molecular weight is 755 g/mol. The van der Waals surface area contributed by atoms with Crippen molar-refractivity contribution in [2.75, 3.05) is 16.4 Å². The number of para-hydroxylation sites is 1. The van der Waals surface area contributed by atoms with Gasteiger partial charge < -0.3 is 9.84 Å². The molecule has 4 aliphatic rings. The van der Waals surface area contributed by atoms with Gasteiger partial charge in [0, 0.05) is 15.1 Å². The fourth-order valence-corrected chi connectivity index (χ4v) is 8.65. The molecule has 1 N–H and O–H groups in total. The summed E-state index contributed by atoms with van der Waals surface area (Å²) in [5.41, 5.74) is 0.345. The van der Waals surface area contributed by atoms with E-state index in [0.29, 0.717) is 11.3 Å². The lowest BCUT2D eigenvalue weighted by atomic mass is 9.51. The Hall–Kier alpha value is -3.77. The number of benzene rings is 3. The van der Waals surface area contributed by atoms with Crippen LogP contribution in [0.4, 0.5) is 15.8 Å². The van der Waals surface area contributed by atoms with Gasteiger partial charge in [0.15, 0.2) is 11.5 Å². The number of carbonyl (C=O) groups is 4. The summed E-state index contributed by atoms with van der Waals surface area (Å²) in [7, 11) is 0. The molecule has 1 saturated carbocycles. The Labute approximate surface area is 283 Å². The van der Waals surface area contributed by atoms with E-state index in [1.54, 1.807) is 44.2 Å². The zero-order valence-corrected chi connectivity index (χ0v) is 27.8. The first kappa shape index (κ1) is 30.9. The van der Waals surface area contributed by atoms with Gasteiger partial charge in [-0.25, -0.2) is 9.29 Å². The number of phenolic OH excluding ortho intramolecular Hbond substituents is 1. The van der Waals surface area contributed by atoms with Crippen LogP contribution in [0.2, 0.25) is 5.02 Å². The van der Waals surface area contributed by atoms with Crippen LogP contribution >= 0.6 is 34.2 Å². The Morgan fingerprint density at radius 1 is 0.978 bits per heavy atom. The minimum absolute atomic E-state index is 0.134. The van der Waals surface area contributed by atoms with Gasteiger partial charge in [0.1, 0.15) is 5.82 Å². The maximum absolute atomic E-state index is 14.6. The maximum atomic E-state index is 14.6. The predicted octanol–water partition coefficient (Wildman–Crippen LogP) is 6.62. The monoisotopic (exact) mass is 754 g/mol. The number of carbonyl (C=O) groups excluding carboxylic acids is 4. The van der Waals surface area contributed by atoms with Crippen LogP contribution in [0.3, 0.4) is 0 Å². The molecule has 46 heavy (non-hydrogen) atoms. The molecular weight excluding hydrogens is 726 g/mol. The number of phenols is 1. The van der Waals surface area contributed by atoms with Gasteiger partial charge >= 0.3 is 0 Å². The highest BCUT2D eigenvalue weighted by molar-refractivity contribution is 14.1. The quantitative estimate of drug-likeness (QED) is 0.179. The number of rotatable bonds is 5. The van der Waals surface area contributed by atoms with E-state index < -0.39 is 52.6 Å². The lowest BCUT2D eigenvalue weighted by Crippen LogP contribution is -2.48.